The van der Waals surface area contributed by atoms with Crippen LogP contribution in [-0.2, 0) is 35.2 Å². The molecule has 5 aliphatic heterocycles. The monoisotopic (exact) mass is 836 g/mol. The molecule has 0 saturated carbocycles. The molecule has 8 rings (SSSR count). The number of nitrogens with zero attached hydrogens (tertiary/aromatic N) is 2. The molecule has 0 bridgehead atoms. The Bertz CT molecular complexity index is 2290. The van der Waals surface area contributed by atoms with Crippen LogP contribution in [0.15, 0.2) is 12.1 Å². The number of rotatable bonds is 15. The summed E-state index contributed by atoms with van der Waals surface area (Å²) in [5.41, 5.74) is 4.07. The van der Waals surface area contributed by atoms with Crippen LogP contribution in [0.4, 0.5) is 18.9 Å². The second kappa shape index (κ2) is 17.1. The van der Waals surface area contributed by atoms with Gasteiger partial charge in [-0.1, -0.05) is 25.9 Å². The summed E-state index contributed by atoms with van der Waals surface area (Å²) in [6.07, 6.45) is 11.1. The van der Waals surface area contributed by atoms with E-state index in [9.17, 15) is 14.7 Å². The number of carboxylic acid groups (broad SMARTS) is 1. The molecule has 0 aliphatic carbocycles. The van der Waals surface area contributed by atoms with Crippen molar-refractivity contribution < 1.29 is 37.3 Å². The quantitative estimate of drug-likeness (QED) is 0.0751. The van der Waals surface area contributed by atoms with Crippen LogP contribution >= 0.6 is 11.6 Å². The van der Waals surface area contributed by atoms with E-state index in [2.05, 4.69) is 40.0 Å². The van der Waals surface area contributed by atoms with Gasteiger partial charge in [-0.15, -0.1) is 11.6 Å². The molecule has 3 aromatic rings. The molecule has 0 unspecified atom stereocenters. The summed E-state index contributed by atoms with van der Waals surface area (Å²) in [7, 11) is -2.63. The molecule has 3 aromatic carbocycles. The van der Waals surface area contributed by atoms with Crippen LogP contribution in [0.1, 0.15) is 105 Å². The maximum absolute atomic E-state index is 17.6. The number of aryl methyl sites for hydroxylation is 2. The molecule has 0 atom stereocenters. The summed E-state index contributed by atoms with van der Waals surface area (Å²) in [4.78, 5) is 29.3. The van der Waals surface area contributed by atoms with Crippen LogP contribution in [0.5, 0.6) is 0 Å². The summed E-state index contributed by atoms with van der Waals surface area (Å²) in [6, 6.07) is 4.18. The third-order valence-corrected chi connectivity index (χ3v) is 16.8. The zero-order chi connectivity index (χ0) is 40.7. The molecule has 5 heterocycles. The number of carboxylic acids is 1. The lowest BCUT2D eigenvalue weighted by atomic mass is 9.82. The van der Waals surface area contributed by atoms with Crippen LogP contribution < -0.4 is 35.7 Å². The van der Waals surface area contributed by atoms with Crippen molar-refractivity contribution in [3.05, 3.63) is 84.7 Å². The van der Waals surface area contributed by atoms with Crippen LogP contribution in [0.2, 0.25) is 13.1 Å². The van der Waals surface area contributed by atoms with Gasteiger partial charge in [-0.05, 0) is 101 Å². The molecule has 0 saturated heterocycles. The number of aromatic carboxylic acids is 1. The fourth-order valence-electron chi connectivity index (χ4n) is 10.7. The fourth-order valence-corrected chi connectivity index (χ4v) is 14.9. The average Bonchev–Trinajstić information content (AvgIpc) is 3.20. The second-order valence-corrected chi connectivity index (χ2v) is 21.5. The molecule has 310 valence electrons. The largest absolute Gasteiger partial charge is 0.478 e. The molecule has 0 fully saturated rings. The highest BCUT2D eigenvalue weighted by atomic mass is 35.5. The van der Waals surface area contributed by atoms with Crippen LogP contribution in [0, 0.1) is 17.5 Å². The highest BCUT2D eigenvalue weighted by Gasteiger charge is 2.45. The molecule has 13 heteroatoms. The minimum atomic E-state index is -2.63. The van der Waals surface area contributed by atoms with Crippen molar-refractivity contribution in [2.24, 2.45) is 0 Å². The number of alkyl halides is 1. The molecular weight excluding hydrogens is 783 g/mol. The number of carbonyl (C=O) groups is 2. The first-order chi connectivity index (χ1) is 28.1. The molecule has 8 nitrogen and oxygen atoms in total. The number of benzene rings is 3. The average molecular weight is 837 g/mol. The lowest BCUT2D eigenvalue weighted by Crippen LogP contribution is -2.68. The summed E-state index contributed by atoms with van der Waals surface area (Å²) in [6.45, 7) is 9.64. The van der Waals surface area contributed by atoms with Crippen molar-refractivity contribution in [3.8, 4) is 0 Å². The summed E-state index contributed by atoms with van der Waals surface area (Å²) in [5.74, 6) is -7.27. The Kier molecular flexibility index (Phi) is 12.1. The van der Waals surface area contributed by atoms with Gasteiger partial charge in [0.05, 0.1) is 19.8 Å². The van der Waals surface area contributed by atoms with E-state index in [1.165, 1.54) is 22.2 Å². The van der Waals surface area contributed by atoms with Gasteiger partial charge in [-0.25, -0.2) is 22.5 Å². The zero-order valence-corrected chi connectivity index (χ0v) is 35.5. The van der Waals surface area contributed by atoms with Gasteiger partial charge in [-0.2, -0.15) is 0 Å². The van der Waals surface area contributed by atoms with Gasteiger partial charge >= 0.3 is 5.97 Å². The second-order valence-electron chi connectivity index (χ2n) is 16.9. The number of nitrogens with one attached hydrogen (secondary N) is 1. The standard InChI is InChI=1S/C45H53ClF3N3O5Si/c1-58(2)42-29-13-9-19-51-17-7-11-27(40(29)51)25-31(42)33(32-26-28-12-8-18-52-20-10-14-30(41(28)52)43(32)58)34-35(45(54)55)38(48)39(49)36(37(34)47)44(53)50-16-22-57-24-23-56-21-6-4-3-5-15-46/h25-26H,3-24H2,1-2H3,(H-,50,53,54,55)/p+1. The number of carbonyl (C=O) groups excluding carboxylic acids is 1. The Morgan fingerprint density at radius 2 is 1.48 bits per heavy atom. The van der Waals surface area contributed by atoms with Crippen molar-refractivity contribution in [1.82, 2.24) is 9.89 Å². The molecule has 5 aliphatic rings. The summed E-state index contributed by atoms with van der Waals surface area (Å²) < 4.78 is 63.7. The lowest BCUT2D eigenvalue weighted by molar-refractivity contribution is 0.0468. The van der Waals surface area contributed by atoms with E-state index in [1.807, 2.05) is 0 Å². The number of hydrogen-bond acceptors (Lipinski definition) is 5. The van der Waals surface area contributed by atoms with Crippen molar-refractivity contribution in [2.45, 2.75) is 90.1 Å². The first-order valence-electron chi connectivity index (χ1n) is 21.3. The summed E-state index contributed by atoms with van der Waals surface area (Å²) >= 11 is 5.72. The first kappa shape index (κ1) is 41.0. The number of halogens is 4. The van der Waals surface area contributed by atoms with E-state index in [-0.39, 0.29) is 25.3 Å². The van der Waals surface area contributed by atoms with E-state index >= 15 is 13.2 Å². The SMILES string of the molecule is C[Si]1(C)c2c(cc3c4c2CCCN4CCC3)C(c2c(F)c(C(=O)NCCOCCOCCCCCCCl)c(F)c(F)c2C(=O)O)=c2cc3c4c(c21)CCC[N+]=4CCC3. The first-order valence-corrected chi connectivity index (χ1v) is 24.8. The lowest BCUT2D eigenvalue weighted by Gasteiger charge is -2.43. The van der Waals surface area contributed by atoms with Gasteiger partial charge in [0.25, 0.3) is 5.91 Å². The van der Waals surface area contributed by atoms with Crippen molar-refractivity contribution >= 4 is 53.2 Å². The molecular formula is C45H54ClF3N3O5Si+. The predicted molar refractivity (Wildman–Crippen MR) is 223 cm³/mol. The Labute approximate surface area is 344 Å². The van der Waals surface area contributed by atoms with E-state index in [1.54, 1.807) is 0 Å². The minimum Gasteiger partial charge on any atom is -0.478 e. The number of unbranched alkanes of at least 4 members (excludes halogenated alkanes) is 3. The Morgan fingerprint density at radius 1 is 0.810 bits per heavy atom. The van der Waals surface area contributed by atoms with Gasteiger partial charge in [0.2, 0.25) is 5.36 Å². The van der Waals surface area contributed by atoms with Gasteiger partial charge in [-0.3, -0.25) is 4.79 Å². The van der Waals surface area contributed by atoms with E-state index < -0.39 is 54.1 Å². The van der Waals surface area contributed by atoms with E-state index in [0.29, 0.717) is 29.9 Å². The molecule has 0 spiro atoms. The van der Waals surface area contributed by atoms with Crippen molar-refractivity contribution in [2.75, 3.05) is 69.9 Å². The smallest absolute Gasteiger partial charge is 0.339 e. The van der Waals surface area contributed by atoms with Crippen LogP contribution in [0.3, 0.4) is 0 Å². The minimum absolute atomic E-state index is 0.0320. The molecule has 2 N–H and O–H groups in total. The molecule has 0 radical (unpaired) electrons. The van der Waals surface area contributed by atoms with Crippen LogP contribution in [-0.4, -0.2) is 90.1 Å². The predicted octanol–water partition coefficient (Wildman–Crippen LogP) is 4.83. The maximum atomic E-state index is 17.6. The van der Waals surface area contributed by atoms with E-state index in [4.69, 9.17) is 21.1 Å². The molecule has 0 aromatic heterocycles. The number of anilines is 1. The Balaban J connectivity index is 1.25. The highest BCUT2D eigenvalue weighted by Crippen LogP contribution is 2.41. The number of ether oxygens (including phenoxy) is 2. The number of amides is 1. The normalized spacial score (nSPS) is 17.4. The zero-order valence-electron chi connectivity index (χ0n) is 33.7. The van der Waals surface area contributed by atoms with Crippen molar-refractivity contribution in [3.63, 3.8) is 0 Å². The highest BCUT2D eigenvalue weighted by molar-refractivity contribution is 7.02. The van der Waals surface area contributed by atoms with Gasteiger partial charge in [0, 0.05) is 67.3 Å². The maximum Gasteiger partial charge on any atom is 0.339 e. The molecule has 58 heavy (non-hydrogen) atoms. The third-order valence-electron chi connectivity index (χ3n) is 12.9. The van der Waals surface area contributed by atoms with Crippen LogP contribution in [0.25, 0.3) is 5.57 Å². The summed E-state index contributed by atoms with van der Waals surface area (Å²) in [5, 5.41) is 17.3. The number of fused-ring (bicyclic) bond motifs is 4. The Morgan fingerprint density at radius 3 is 2.24 bits per heavy atom. The number of hydrogen-bond donors (Lipinski definition) is 2. The van der Waals surface area contributed by atoms with Gasteiger partial charge < -0.3 is 24.8 Å². The van der Waals surface area contributed by atoms with Gasteiger partial charge in [0.1, 0.15) is 38.1 Å². The topological polar surface area (TPSA) is 91.1 Å². The van der Waals surface area contributed by atoms with Crippen molar-refractivity contribution in [1.29, 1.82) is 0 Å². The molecule has 1 amide bonds. The Hall–Kier alpha value is -3.71. The third kappa shape index (κ3) is 7.19. The van der Waals surface area contributed by atoms with Gasteiger partial charge in [0.15, 0.2) is 11.6 Å². The fraction of sp³-hybridized carbons (Fsp3) is 0.533. The van der Waals surface area contributed by atoms with E-state index in [0.717, 1.165) is 125 Å².